The maximum Gasteiger partial charge on any atom is 0.264 e. The van der Waals surface area contributed by atoms with Crippen molar-refractivity contribution in [1.29, 1.82) is 0 Å². The number of carbonyl (C=O) groups excluding carboxylic acids is 2. The van der Waals surface area contributed by atoms with Gasteiger partial charge in [0.15, 0.2) is 0 Å². The number of hydrogen-bond acceptors (Lipinski definition) is 4. The second kappa shape index (κ2) is 13.1. The van der Waals surface area contributed by atoms with E-state index >= 15 is 0 Å². The van der Waals surface area contributed by atoms with Crippen molar-refractivity contribution in [2.45, 2.75) is 45.2 Å². The Hall–Kier alpha value is -3.43. The van der Waals surface area contributed by atoms with Crippen molar-refractivity contribution in [2.75, 3.05) is 17.4 Å². The Labute approximate surface area is 234 Å². The molecule has 0 aliphatic heterocycles. The SMILES string of the molecule is Cc1cccc(CN(C(=O)CN(c2ccc(F)c(Cl)c2)S(=O)(=O)c2ccccc2)[C@H](C)C(=O)NCC(C)C)c1. The van der Waals surface area contributed by atoms with Crippen LogP contribution in [-0.4, -0.2) is 44.3 Å². The molecule has 0 heterocycles. The van der Waals surface area contributed by atoms with Gasteiger partial charge in [-0.05, 0) is 55.7 Å². The molecule has 2 amide bonds. The molecule has 1 atom stereocenters. The van der Waals surface area contributed by atoms with Crippen molar-refractivity contribution >= 4 is 39.1 Å². The predicted molar refractivity (Wildman–Crippen MR) is 151 cm³/mol. The number of amides is 2. The van der Waals surface area contributed by atoms with Gasteiger partial charge in [-0.25, -0.2) is 12.8 Å². The molecule has 0 aliphatic carbocycles. The molecule has 0 radical (unpaired) electrons. The second-order valence-corrected chi connectivity index (χ2v) is 12.0. The van der Waals surface area contributed by atoms with E-state index in [1.54, 1.807) is 25.1 Å². The highest BCUT2D eigenvalue weighted by Gasteiger charge is 2.32. The topological polar surface area (TPSA) is 86.8 Å². The van der Waals surface area contributed by atoms with Crippen molar-refractivity contribution in [3.05, 3.63) is 94.8 Å². The number of carbonyl (C=O) groups is 2. The minimum absolute atomic E-state index is 0.0195. The molecule has 0 saturated heterocycles. The van der Waals surface area contributed by atoms with E-state index < -0.39 is 34.3 Å². The second-order valence-electron chi connectivity index (χ2n) is 9.75. The zero-order valence-corrected chi connectivity index (χ0v) is 24.0. The molecule has 0 bridgehead atoms. The fourth-order valence-electron chi connectivity index (χ4n) is 3.93. The molecule has 208 valence electrons. The van der Waals surface area contributed by atoms with Crippen LogP contribution in [-0.2, 0) is 26.2 Å². The minimum Gasteiger partial charge on any atom is -0.354 e. The monoisotopic (exact) mass is 573 g/mol. The van der Waals surface area contributed by atoms with Crippen LogP contribution in [0.4, 0.5) is 10.1 Å². The van der Waals surface area contributed by atoms with E-state index in [0.29, 0.717) is 6.54 Å². The fraction of sp³-hybridized carbons (Fsp3) is 0.310. The molecule has 10 heteroatoms. The van der Waals surface area contributed by atoms with E-state index in [0.717, 1.165) is 27.6 Å². The van der Waals surface area contributed by atoms with E-state index in [2.05, 4.69) is 5.32 Å². The highest BCUT2D eigenvalue weighted by molar-refractivity contribution is 7.92. The van der Waals surface area contributed by atoms with Crippen LogP contribution < -0.4 is 9.62 Å². The van der Waals surface area contributed by atoms with E-state index in [9.17, 15) is 22.4 Å². The maximum absolute atomic E-state index is 14.0. The lowest BCUT2D eigenvalue weighted by molar-refractivity contribution is -0.139. The smallest absolute Gasteiger partial charge is 0.264 e. The van der Waals surface area contributed by atoms with Gasteiger partial charge < -0.3 is 10.2 Å². The molecule has 1 N–H and O–H groups in total. The number of aryl methyl sites for hydroxylation is 1. The number of hydrogen-bond donors (Lipinski definition) is 1. The molecule has 0 spiro atoms. The summed E-state index contributed by atoms with van der Waals surface area (Å²) in [6.45, 7) is 7.32. The van der Waals surface area contributed by atoms with Gasteiger partial charge in [-0.1, -0.05) is 73.5 Å². The minimum atomic E-state index is -4.26. The first-order chi connectivity index (χ1) is 18.4. The highest BCUT2D eigenvalue weighted by Crippen LogP contribution is 2.28. The number of anilines is 1. The molecule has 0 saturated carbocycles. The average Bonchev–Trinajstić information content (AvgIpc) is 2.90. The van der Waals surface area contributed by atoms with Gasteiger partial charge in [-0.15, -0.1) is 0 Å². The highest BCUT2D eigenvalue weighted by atomic mass is 35.5. The molecular formula is C29H33ClFN3O4S. The first kappa shape index (κ1) is 30.1. The molecule has 0 aromatic heterocycles. The van der Waals surface area contributed by atoms with E-state index in [1.165, 1.54) is 23.1 Å². The predicted octanol–water partition coefficient (Wildman–Crippen LogP) is 5.17. The molecule has 39 heavy (non-hydrogen) atoms. The Morgan fingerprint density at radius 1 is 0.974 bits per heavy atom. The first-order valence-corrected chi connectivity index (χ1v) is 14.4. The maximum atomic E-state index is 14.0. The van der Waals surface area contributed by atoms with Crippen LogP contribution in [0.15, 0.2) is 77.7 Å². The summed E-state index contributed by atoms with van der Waals surface area (Å²) in [6.07, 6.45) is 0. The van der Waals surface area contributed by atoms with Gasteiger partial charge in [0.05, 0.1) is 15.6 Å². The molecule has 0 fully saturated rings. The quantitative estimate of drug-likeness (QED) is 0.343. The molecule has 3 rings (SSSR count). The molecular weight excluding hydrogens is 541 g/mol. The lowest BCUT2D eigenvalue weighted by Gasteiger charge is -2.32. The van der Waals surface area contributed by atoms with E-state index in [-0.39, 0.29) is 34.0 Å². The van der Waals surface area contributed by atoms with Gasteiger partial charge in [0, 0.05) is 13.1 Å². The molecule has 3 aromatic rings. The van der Waals surface area contributed by atoms with Crippen molar-refractivity contribution in [3.8, 4) is 0 Å². The third-order valence-electron chi connectivity index (χ3n) is 6.09. The summed E-state index contributed by atoms with van der Waals surface area (Å²) in [7, 11) is -4.26. The van der Waals surface area contributed by atoms with Crippen LogP contribution in [0.25, 0.3) is 0 Å². The van der Waals surface area contributed by atoms with Crippen molar-refractivity contribution < 1.29 is 22.4 Å². The van der Waals surface area contributed by atoms with E-state index in [1.807, 2.05) is 45.0 Å². The lowest BCUT2D eigenvalue weighted by Crippen LogP contribution is -2.51. The van der Waals surface area contributed by atoms with Gasteiger partial charge in [0.1, 0.15) is 18.4 Å². The van der Waals surface area contributed by atoms with Crippen molar-refractivity contribution in [3.63, 3.8) is 0 Å². The number of rotatable bonds is 11. The summed E-state index contributed by atoms with van der Waals surface area (Å²) in [5, 5.41) is 2.56. The summed E-state index contributed by atoms with van der Waals surface area (Å²) in [5.41, 5.74) is 1.78. The number of nitrogens with zero attached hydrogens (tertiary/aromatic N) is 2. The molecule has 0 aliphatic rings. The van der Waals surface area contributed by atoms with Gasteiger partial charge in [0.25, 0.3) is 10.0 Å². The largest absolute Gasteiger partial charge is 0.354 e. The molecule has 0 unspecified atom stereocenters. The van der Waals surface area contributed by atoms with Crippen LogP contribution in [0.2, 0.25) is 5.02 Å². The van der Waals surface area contributed by atoms with Crippen molar-refractivity contribution in [1.82, 2.24) is 10.2 Å². The Morgan fingerprint density at radius 2 is 1.67 bits per heavy atom. The van der Waals surface area contributed by atoms with Crippen LogP contribution in [0.1, 0.15) is 31.9 Å². The summed E-state index contributed by atoms with van der Waals surface area (Å²) in [4.78, 5) is 28.2. The zero-order valence-electron chi connectivity index (χ0n) is 22.4. The van der Waals surface area contributed by atoms with Crippen molar-refractivity contribution in [2.24, 2.45) is 5.92 Å². The normalized spacial score (nSPS) is 12.2. The zero-order chi connectivity index (χ0) is 28.7. The standard InChI is InChI=1S/C29H33ClFN3O4S/c1-20(2)17-32-29(36)22(4)33(18-23-10-8-9-21(3)15-23)28(35)19-34(24-13-14-27(31)26(30)16-24)39(37,38)25-11-6-5-7-12-25/h5-16,20,22H,17-19H2,1-4H3,(H,32,36)/t22-/m1/s1. The van der Waals surface area contributed by atoms with Crippen LogP contribution in [0, 0.1) is 18.7 Å². The Bertz CT molecular complexity index is 1420. The number of nitrogens with one attached hydrogen (secondary N) is 1. The third-order valence-corrected chi connectivity index (χ3v) is 8.17. The number of benzene rings is 3. The van der Waals surface area contributed by atoms with Crippen LogP contribution in [0.5, 0.6) is 0 Å². The first-order valence-electron chi connectivity index (χ1n) is 12.6. The summed E-state index contributed by atoms with van der Waals surface area (Å²) >= 11 is 5.98. The van der Waals surface area contributed by atoms with E-state index in [4.69, 9.17) is 11.6 Å². The summed E-state index contributed by atoms with van der Waals surface area (Å²) in [5.74, 6) is -1.48. The molecule has 3 aromatic carbocycles. The van der Waals surface area contributed by atoms with Crippen LogP contribution >= 0.6 is 11.6 Å². The van der Waals surface area contributed by atoms with Gasteiger partial charge in [-0.3, -0.25) is 13.9 Å². The fourth-order valence-corrected chi connectivity index (χ4v) is 5.53. The average molecular weight is 574 g/mol. The third kappa shape index (κ3) is 7.80. The van der Waals surface area contributed by atoms with Gasteiger partial charge in [-0.2, -0.15) is 0 Å². The Kier molecular flexibility index (Phi) is 10.1. The lowest BCUT2D eigenvalue weighted by atomic mass is 10.1. The summed E-state index contributed by atoms with van der Waals surface area (Å²) in [6, 6.07) is 17.7. The Morgan fingerprint density at radius 3 is 2.28 bits per heavy atom. The summed E-state index contributed by atoms with van der Waals surface area (Å²) < 4.78 is 42.3. The van der Waals surface area contributed by atoms with Crippen LogP contribution in [0.3, 0.4) is 0 Å². The Balaban J connectivity index is 2.03. The number of sulfonamides is 1. The molecule has 7 nitrogen and oxygen atoms in total. The van der Waals surface area contributed by atoms with Gasteiger partial charge >= 0.3 is 0 Å². The van der Waals surface area contributed by atoms with Gasteiger partial charge in [0.2, 0.25) is 11.8 Å². The number of halogens is 2.